The number of nitrogens with zero attached hydrogens (tertiary/aromatic N) is 1. The van der Waals surface area contributed by atoms with Gasteiger partial charge in [0, 0.05) is 6.42 Å². The SMILES string of the molecule is N#CCCc1ccc([O])cc1. The van der Waals surface area contributed by atoms with Gasteiger partial charge in [0.25, 0.3) is 0 Å². The van der Waals surface area contributed by atoms with Crippen LogP contribution in [0.3, 0.4) is 0 Å². The van der Waals surface area contributed by atoms with Gasteiger partial charge in [0.2, 0.25) is 0 Å². The van der Waals surface area contributed by atoms with Crippen molar-refractivity contribution in [3.63, 3.8) is 0 Å². The van der Waals surface area contributed by atoms with Crippen molar-refractivity contribution in [2.75, 3.05) is 0 Å². The summed E-state index contributed by atoms with van der Waals surface area (Å²) in [4.78, 5) is 0. The summed E-state index contributed by atoms with van der Waals surface area (Å²) in [6, 6.07) is 8.62. The lowest BCUT2D eigenvalue weighted by Crippen LogP contribution is -1.80. The van der Waals surface area contributed by atoms with E-state index in [-0.39, 0.29) is 5.75 Å². The van der Waals surface area contributed by atoms with Crippen molar-refractivity contribution in [2.45, 2.75) is 12.8 Å². The Hall–Kier alpha value is -1.49. The molecule has 0 aliphatic carbocycles. The monoisotopic (exact) mass is 146 g/mol. The lowest BCUT2D eigenvalue weighted by molar-refractivity contribution is 0.355. The van der Waals surface area contributed by atoms with Crippen LogP contribution in [-0.4, -0.2) is 0 Å². The fraction of sp³-hybridized carbons (Fsp3) is 0.222. The van der Waals surface area contributed by atoms with Gasteiger partial charge in [-0.2, -0.15) is 5.26 Å². The van der Waals surface area contributed by atoms with Gasteiger partial charge in [0.05, 0.1) is 6.07 Å². The minimum atomic E-state index is 0.0192. The van der Waals surface area contributed by atoms with Crippen LogP contribution in [0.2, 0.25) is 0 Å². The number of rotatable bonds is 2. The highest BCUT2D eigenvalue weighted by Gasteiger charge is 1.92. The second-order valence-corrected chi connectivity index (χ2v) is 2.30. The van der Waals surface area contributed by atoms with Crippen molar-refractivity contribution < 1.29 is 5.11 Å². The van der Waals surface area contributed by atoms with Crippen molar-refractivity contribution in [3.8, 4) is 11.8 Å². The van der Waals surface area contributed by atoms with Crippen LogP contribution in [0.4, 0.5) is 0 Å². The van der Waals surface area contributed by atoms with Crippen molar-refractivity contribution in [3.05, 3.63) is 29.8 Å². The molecule has 2 heteroatoms. The predicted octanol–water partition coefficient (Wildman–Crippen LogP) is 2.29. The molecule has 2 nitrogen and oxygen atoms in total. The highest BCUT2D eigenvalue weighted by atomic mass is 16.3. The Balaban J connectivity index is 2.60. The van der Waals surface area contributed by atoms with E-state index in [4.69, 9.17) is 5.26 Å². The minimum absolute atomic E-state index is 0.0192. The van der Waals surface area contributed by atoms with E-state index in [1.807, 2.05) is 0 Å². The van der Waals surface area contributed by atoms with Gasteiger partial charge in [-0.15, -0.1) is 0 Å². The van der Waals surface area contributed by atoms with Gasteiger partial charge in [-0.1, -0.05) is 12.1 Å². The molecule has 1 rings (SSSR count). The van der Waals surface area contributed by atoms with Gasteiger partial charge in [-0.05, 0) is 24.1 Å². The quantitative estimate of drug-likeness (QED) is 0.631. The first-order valence-electron chi connectivity index (χ1n) is 3.46. The molecule has 0 N–H and O–H groups in total. The number of aryl methyl sites for hydroxylation is 1. The van der Waals surface area contributed by atoms with Crippen LogP contribution in [0.1, 0.15) is 12.0 Å². The van der Waals surface area contributed by atoms with Gasteiger partial charge in [-0.25, -0.2) is 0 Å². The van der Waals surface area contributed by atoms with Gasteiger partial charge in [0.1, 0.15) is 0 Å². The topological polar surface area (TPSA) is 43.7 Å². The molecule has 1 aromatic rings. The van der Waals surface area contributed by atoms with Crippen molar-refractivity contribution in [2.24, 2.45) is 0 Å². The Morgan fingerprint density at radius 3 is 2.45 bits per heavy atom. The van der Waals surface area contributed by atoms with E-state index < -0.39 is 0 Å². The Labute approximate surface area is 65.7 Å². The molecule has 0 amide bonds. The molecule has 0 spiro atoms. The third-order valence-corrected chi connectivity index (χ3v) is 1.45. The highest BCUT2D eigenvalue weighted by Crippen LogP contribution is 2.11. The molecule has 1 radical (unpaired) electrons. The molecule has 0 aromatic heterocycles. The predicted molar refractivity (Wildman–Crippen MR) is 40.5 cm³/mol. The average molecular weight is 146 g/mol. The molecule has 0 saturated heterocycles. The smallest absolute Gasteiger partial charge is 0.178 e. The van der Waals surface area contributed by atoms with E-state index in [2.05, 4.69) is 6.07 Å². The largest absolute Gasteiger partial charge is 0.290 e. The summed E-state index contributed by atoms with van der Waals surface area (Å²) < 4.78 is 0. The van der Waals surface area contributed by atoms with Crippen LogP contribution in [-0.2, 0) is 11.5 Å². The fourth-order valence-electron chi connectivity index (χ4n) is 0.856. The molecule has 0 bridgehead atoms. The molecule has 0 aliphatic heterocycles. The molecule has 0 atom stereocenters. The maximum atomic E-state index is 10.6. The summed E-state index contributed by atoms with van der Waals surface area (Å²) in [6.45, 7) is 0. The van der Waals surface area contributed by atoms with Gasteiger partial charge >= 0.3 is 0 Å². The van der Waals surface area contributed by atoms with E-state index in [9.17, 15) is 5.11 Å². The Morgan fingerprint density at radius 1 is 1.27 bits per heavy atom. The summed E-state index contributed by atoms with van der Waals surface area (Å²) in [5, 5.41) is 18.9. The standard InChI is InChI=1S/C9H8NO/c10-7-1-2-8-3-5-9(11)6-4-8/h3-6H,1-2H2. The number of nitriles is 1. The molecular weight excluding hydrogens is 138 g/mol. The van der Waals surface area contributed by atoms with E-state index in [1.165, 1.54) is 12.1 Å². The molecule has 0 aliphatic rings. The van der Waals surface area contributed by atoms with Gasteiger partial charge in [-0.3, -0.25) is 5.11 Å². The van der Waals surface area contributed by atoms with E-state index in [1.54, 1.807) is 12.1 Å². The third-order valence-electron chi connectivity index (χ3n) is 1.45. The van der Waals surface area contributed by atoms with Crippen LogP contribution in [0.15, 0.2) is 24.3 Å². The Morgan fingerprint density at radius 2 is 1.91 bits per heavy atom. The van der Waals surface area contributed by atoms with E-state index >= 15 is 0 Å². The van der Waals surface area contributed by atoms with Crippen LogP contribution < -0.4 is 0 Å². The molecule has 11 heavy (non-hydrogen) atoms. The van der Waals surface area contributed by atoms with Gasteiger partial charge < -0.3 is 0 Å². The van der Waals surface area contributed by atoms with Crippen molar-refractivity contribution in [1.29, 1.82) is 5.26 Å². The zero-order valence-corrected chi connectivity index (χ0v) is 6.08. The minimum Gasteiger partial charge on any atom is -0.290 e. The summed E-state index contributed by atoms with van der Waals surface area (Å²) >= 11 is 0. The van der Waals surface area contributed by atoms with E-state index in [0.29, 0.717) is 6.42 Å². The van der Waals surface area contributed by atoms with E-state index in [0.717, 1.165) is 12.0 Å². The highest BCUT2D eigenvalue weighted by molar-refractivity contribution is 5.25. The number of hydrogen-bond acceptors (Lipinski definition) is 1. The molecule has 0 fully saturated rings. The second kappa shape index (κ2) is 3.62. The maximum absolute atomic E-state index is 10.6. The molecule has 0 heterocycles. The number of hydrogen-bond donors (Lipinski definition) is 0. The van der Waals surface area contributed by atoms with Crippen LogP contribution >= 0.6 is 0 Å². The van der Waals surface area contributed by atoms with Gasteiger partial charge in [0.15, 0.2) is 5.75 Å². The first-order valence-corrected chi connectivity index (χ1v) is 3.46. The normalized spacial score (nSPS) is 9.00. The Kier molecular flexibility index (Phi) is 2.51. The molecule has 55 valence electrons. The first-order chi connectivity index (χ1) is 5.33. The molecule has 1 aromatic carbocycles. The summed E-state index contributed by atoms with van der Waals surface area (Å²) in [7, 11) is 0. The van der Waals surface area contributed by atoms with Crippen molar-refractivity contribution >= 4 is 0 Å². The lowest BCUT2D eigenvalue weighted by atomic mass is 10.1. The lowest BCUT2D eigenvalue weighted by Gasteiger charge is -1.94. The fourth-order valence-corrected chi connectivity index (χ4v) is 0.856. The van der Waals surface area contributed by atoms with Crippen LogP contribution in [0.5, 0.6) is 5.75 Å². The summed E-state index contributed by atoms with van der Waals surface area (Å²) in [5.41, 5.74) is 1.05. The van der Waals surface area contributed by atoms with Crippen LogP contribution in [0, 0.1) is 11.3 Å². The molecular formula is C9H8NO. The zero-order valence-electron chi connectivity index (χ0n) is 6.08. The first kappa shape index (κ1) is 7.62. The summed E-state index contributed by atoms with van der Waals surface area (Å²) in [5.74, 6) is 0.0192. The summed E-state index contributed by atoms with van der Waals surface area (Å²) in [6.07, 6.45) is 1.25. The van der Waals surface area contributed by atoms with Crippen molar-refractivity contribution in [1.82, 2.24) is 0 Å². The zero-order chi connectivity index (χ0) is 8.10. The van der Waals surface area contributed by atoms with Crippen LogP contribution in [0.25, 0.3) is 0 Å². The third kappa shape index (κ3) is 2.30. The maximum Gasteiger partial charge on any atom is 0.178 e. The Bertz CT molecular complexity index is 258. The second-order valence-electron chi connectivity index (χ2n) is 2.30. The number of benzene rings is 1. The molecule has 0 saturated carbocycles. The average Bonchev–Trinajstić information content (AvgIpc) is 2.04. The molecule has 0 unspecified atom stereocenters.